The standard InChI is InChI=1S/C20H28N4O2/c1-4-26-19-8-6-5-7-18(19)20(25)23-12-9-22(10-13-23)11-14-24-17(3)15-16(2)21-24/h5-8,15H,4,9-14H2,1-3H3. The van der Waals surface area contributed by atoms with E-state index in [2.05, 4.69) is 27.7 Å². The van der Waals surface area contributed by atoms with E-state index >= 15 is 0 Å². The van der Waals surface area contributed by atoms with Gasteiger partial charge < -0.3 is 9.64 Å². The average molecular weight is 356 g/mol. The monoisotopic (exact) mass is 356 g/mol. The van der Waals surface area contributed by atoms with E-state index in [4.69, 9.17) is 4.74 Å². The molecule has 0 unspecified atom stereocenters. The van der Waals surface area contributed by atoms with E-state index in [0.717, 1.165) is 45.0 Å². The summed E-state index contributed by atoms with van der Waals surface area (Å²) in [5.41, 5.74) is 2.92. The van der Waals surface area contributed by atoms with Crippen molar-refractivity contribution >= 4 is 5.91 Å². The first kappa shape index (κ1) is 18.5. The highest BCUT2D eigenvalue weighted by atomic mass is 16.5. The third-order valence-electron chi connectivity index (χ3n) is 4.81. The highest BCUT2D eigenvalue weighted by Crippen LogP contribution is 2.20. The van der Waals surface area contributed by atoms with Crippen molar-refractivity contribution in [2.24, 2.45) is 0 Å². The van der Waals surface area contributed by atoms with Crippen LogP contribution < -0.4 is 4.74 Å². The molecule has 6 heteroatoms. The van der Waals surface area contributed by atoms with Gasteiger partial charge in [-0.1, -0.05) is 12.1 Å². The number of piperazine rings is 1. The van der Waals surface area contributed by atoms with Crippen molar-refractivity contribution in [2.45, 2.75) is 27.3 Å². The van der Waals surface area contributed by atoms with E-state index in [1.807, 2.05) is 43.0 Å². The largest absolute Gasteiger partial charge is 0.493 e. The summed E-state index contributed by atoms with van der Waals surface area (Å²) in [6.45, 7) is 11.7. The van der Waals surface area contributed by atoms with Crippen molar-refractivity contribution < 1.29 is 9.53 Å². The number of carbonyl (C=O) groups excluding carboxylic acids is 1. The molecule has 1 amide bonds. The number of ether oxygens (including phenoxy) is 1. The molecular formula is C20H28N4O2. The summed E-state index contributed by atoms with van der Waals surface area (Å²) in [7, 11) is 0. The Morgan fingerprint density at radius 2 is 1.85 bits per heavy atom. The molecule has 2 aromatic rings. The lowest BCUT2D eigenvalue weighted by atomic mass is 10.1. The van der Waals surface area contributed by atoms with Crippen LogP contribution in [0.5, 0.6) is 5.75 Å². The predicted molar refractivity (Wildman–Crippen MR) is 102 cm³/mol. The Kier molecular flexibility index (Phi) is 5.93. The molecule has 0 atom stereocenters. The number of aromatic nitrogens is 2. The van der Waals surface area contributed by atoms with Crippen LogP contribution in [0.15, 0.2) is 30.3 Å². The normalized spacial score (nSPS) is 15.3. The fraction of sp³-hybridized carbons (Fsp3) is 0.500. The zero-order chi connectivity index (χ0) is 18.5. The Labute approximate surface area is 155 Å². The van der Waals surface area contributed by atoms with Crippen molar-refractivity contribution in [3.05, 3.63) is 47.3 Å². The van der Waals surface area contributed by atoms with Gasteiger partial charge in [0.25, 0.3) is 5.91 Å². The van der Waals surface area contributed by atoms with Crippen LogP contribution in [0.1, 0.15) is 28.7 Å². The van der Waals surface area contributed by atoms with Crippen LogP contribution in [0.25, 0.3) is 0 Å². The second kappa shape index (κ2) is 8.36. The summed E-state index contributed by atoms with van der Waals surface area (Å²) in [4.78, 5) is 17.2. The maximum absolute atomic E-state index is 12.8. The van der Waals surface area contributed by atoms with Gasteiger partial charge in [-0.05, 0) is 39.0 Å². The van der Waals surface area contributed by atoms with Crippen LogP contribution in [-0.4, -0.2) is 64.8 Å². The molecule has 0 aliphatic carbocycles. The Bertz CT molecular complexity index is 748. The molecule has 1 aliphatic heterocycles. The van der Waals surface area contributed by atoms with Gasteiger partial charge in [0.1, 0.15) is 5.75 Å². The van der Waals surface area contributed by atoms with Crippen LogP contribution in [-0.2, 0) is 6.54 Å². The highest BCUT2D eigenvalue weighted by molar-refractivity contribution is 5.97. The summed E-state index contributed by atoms with van der Waals surface area (Å²) in [5, 5.41) is 4.52. The molecule has 1 aliphatic rings. The van der Waals surface area contributed by atoms with E-state index < -0.39 is 0 Å². The fourth-order valence-electron chi connectivity index (χ4n) is 3.41. The number of hydrogen-bond acceptors (Lipinski definition) is 4. The molecule has 1 fully saturated rings. The van der Waals surface area contributed by atoms with Crippen LogP contribution in [0.2, 0.25) is 0 Å². The molecular weight excluding hydrogens is 328 g/mol. The molecule has 1 saturated heterocycles. The number of rotatable bonds is 6. The molecule has 26 heavy (non-hydrogen) atoms. The molecule has 0 spiro atoms. The van der Waals surface area contributed by atoms with Gasteiger partial charge in [0.05, 0.1) is 24.4 Å². The zero-order valence-corrected chi connectivity index (χ0v) is 15.9. The number of hydrogen-bond donors (Lipinski definition) is 0. The van der Waals surface area contributed by atoms with Gasteiger partial charge in [-0.3, -0.25) is 14.4 Å². The Balaban J connectivity index is 1.53. The maximum Gasteiger partial charge on any atom is 0.257 e. The maximum atomic E-state index is 12.8. The minimum absolute atomic E-state index is 0.0623. The minimum atomic E-state index is 0.0623. The molecule has 1 aromatic carbocycles. The topological polar surface area (TPSA) is 50.6 Å². The summed E-state index contributed by atoms with van der Waals surface area (Å²) < 4.78 is 7.66. The number of nitrogens with zero attached hydrogens (tertiary/aromatic N) is 4. The summed E-state index contributed by atoms with van der Waals surface area (Å²) in [5.74, 6) is 0.735. The number of carbonyl (C=O) groups is 1. The predicted octanol–water partition coefficient (Wildman–Crippen LogP) is 2.36. The smallest absolute Gasteiger partial charge is 0.257 e. The first-order valence-corrected chi connectivity index (χ1v) is 9.33. The van der Waals surface area contributed by atoms with Crippen molar-refractivity contribution in [3.63, 3.8) is 0 Å². The third-order valence-corrected chi connectivity index (χ3v) is 4.81. The van der Waals surface area contributed by atoms with Crippen molar-refractivity contribution in [2.75, 3.05) is 39.3 Å². The Hall–Kier alpha value is -2.34. The molecule has 0 bridgehead atoms. The minimum Gasteiger partial charge on any atom is -0.493 e. The number of para-hydroxylation sites is 1. The first-order valence-electron chi connectivity index (χ1n) is 9.33. The quantitative estimate of drug-likeness (QED) is 0.797. The average Bonchev–Trinajstić information content (AvgIpc) is 2.98. The second-order valence-corrected chi connectivity index (χ2v) is 6.71. The number of amides is 1. The van der Waals surface area contributed by atoms with E-state index in [0.29, 0.717) is 17.9 Å². The fourth-order valence-corrected chi connectivity index (χ4v) is 3.41. The summed E-state index contributed by atoms with van der Waals surface area (Å²) >= 11 is 0. The van der Waals surface area contributed by atoms with Crippen LogP contribution in [0, 0.1) is 13.8 Å². The third kappa shape index (κ3) is 4.25. The highest BCUT2D eigenvalue weighted by Gasteiger charge is 2.24. The second-order valence-electron chi connectivity index (χ2n) is 6.71. The van der Waals surface area contributed by atoms with Crippen LogP contribution in [0.4, 0.5) is 0 Å². The van der Waals surface area contributed by atoms with Crippen LogP contribution in [0.3, 0.4) is 0 Å². The summed E-state index contributed by atoms with van der Waals surface area (Å²) in [6, 6.07) is 9.61. The number of benzene rings is 1. The van der Waals surface area contributed by atoms with Gasteiger partial charge in [0.15, 0.2) is 0 Å². The number of aryl methyl sites for hydroxylation is 2. The van der Waals surface area contributed by atoms with E-state index in [-0.39, 0.29) is 5.91 Å². The zero-order valence-electron chi connectivity index (χ0n) is 15.9. The van der Waals surface area contributed by atoms with Gasteiger partial charge in [-0.15, -0.1) is 0 Å². The van der Waals surface area contributed by atoms with Gasteiger partial charge in [0.2, 0.25) is 0 Å². The van der Waals surface area contributed by atoms with Crippen LogP contribution >= 0.6 is 0 Å². The van der Waals surface area contributed by atoms with Gasteiger partial charge in [-0.2, -0.15) is 5.10 Å². The van der Waals surface area contributed by atoms with Gasteiger partial charge in [-0.25, -0.2) is 0 Å². The summed E-state index contributed by atoms with van der Waals surface area (Å²) in [6.07, 6.45) is 0. The van der Waals surface area contributed by atoms with E-state index in [1.54, 1.807) is 0 Å². The lowest BCUT2D eigenvalue weighted by molar-refractivity contribution is 0.0628. The van der Waals surface area contributed by atoms with E-state index in [9.17, 15) is 4.79 Å². The molecule has 2 heterocycles. The SMILES string of the molecule is CCOc1ccccc1C(=O)N1CCN(CCn2nc(C)cc2C)CC1. The Morgan fingerprint density at radius 3 is 2.50 bits per heavy atom. The van der Waals surface area contributed by atoms with E-state index in [1.165, 1.54) is 5.69 Å². The Morgan fingerprint density at radius 1 is 1.12 bits per heavy atom. The molecule has 0 N–H and O–H groups in total. The lowest BCUT2D eigenvalue weighted by Gasteiger charge is -2.35. The molecule has 140 valence electrons. The molecule has 6 nitrogen and oxygen atoms in total. The molecule has 0 saturated carbocycles. The lowest BCUT2D eigenvalue weighted by Crippen LogP contribution is -2.49. The molecule has 1 aromatic heterocycles. The van der Waals surface area contributed by atoms with Gasteiger partial charge >= 0.3 is 0 Å². The molecule has 0 radical (unpaired) electrons. The van der Waals surface area contributed by atoms with Crippen molar-refractivity contribution in [1.29, 1.82) is 0 Å². The molecule has 3 rings (SSSR count). The van der Waals surface area contributed by atoms with Crippen molar-refractivity contribution in [3.8, 4) is 5.75 Å². The first-order chi connectivity index (χ1) is 12.6. The van der Waals surface area contributed by atoms with Gasteiger partial charge in [0, 0.05) is 38.4 Å². The van der Waals surface area contributed by atoms with Crippen molar-refractivity contribution in [1.82, 2.24) is 19.6 Å².